The molecule has 0 aliphatic rings. The number of nitrogens with zero attached hydrogens (tertiary/aromatic N) is 2. The van der Waals surface area contributed by atoms with Gasteiger partial charge in [0.25, 0.3) is 5.56 Å². The van der Waals surface area contributed by atoms with E-state index in [1.165, 1.54) is 48.5 Å². The van der Waals surface area contributed by atoms with Crippen molar-refractivity contribution in [3.63, 3.8) is 0 Å². The number of para-hydroxylation sites is 2. The normalized spacial score (nSPS) is 10.4. The van der Waals surface area contributed by atoms with Crippen molar-refractivity contribution >= 4 is 23.9 Å². The van der Waals surface area contributed by atoms with Gasteiger partial charge in [-0.2, -0.15) is 4.39 Å². The first-order valence-corrected chi connectivity index (χ1v) is 10.5. The first-order valence-electron chi connectivity index (χ1n) is 10.5. The van der Waals surface area contributed by atoms with Gasteiger partial charge < -0.3 is 18.9 Å². The fraction of sp³-hybridized carbons (Fsp3) is 0.167. The molecule has 13 heteroatoms. The molecule has 2 aromatic carbocycles. The molecule has 3 rings (SSSR count). The summed E-state index contributed by atoms with van der Waals surface area (Å²) >= 11 is 0. The Morgan fingerprint density at radius 3 is 1.70 bits per heavy atom. The second kappa shape index (κ2) is 11.6. The van der Waals surface area contributed by atoms with E-state index in [1.54, 1.807) is 0 Å². The van der Waals surface area contributed by atoms with Crippen LogP contribution in [-0.4, -0.2) is 33.0 Å². The van der Waals surface area contributed by atoms with Crippen molar-refractivity contribution in [2.45, 2.75) is 27.3 Å². The smallest absolute Gasteiger partial charge is 0.343 e. The summed E-state index contributed by atoms with van der Waals surface area (Å²) in [6.45, 7) is 0.437. The maximum absolute atomic E-state index is 14.2. The molecule has 0 amide bonds. The number of benzene rings is 2. The number of esters is 4. The molecule has 0 spiro atoms. The van der Waals surface area contributed by atoms with Gasteiger partial charge in [-0.25, -0.2) is 19.0 Å². The minimum Gasteiger partial charge on any atom is -0.440 e. The molecule has 0 saturated heterocycles. The van der Waals surface area contributed by atoms with E-state index >= 15 is 0 Å². The quantitative estimate of drug-likeness (QED) is 0.321. The Morgan fingerprint density at radius 2 is 1.22 bits per heavy atom. The van der Waals surface area contributed by atoms with Crippen molar-refractivity contribution in [2.24, 2.45) is 0 Å². The molecular formula is C24H19FN2O10. The zero-order chi connectivity index (χ0) is 27.1. The van der Waals surface area contributed by atoms with Crippen molar-refractivity contribution in [2.75, 3.05) is 0 Å². The maximum atomic E-state index is 14.2. The van der Waals surface area contributed by atoms with Crippen molar-refractivity contribution in [3.8, 4) is 11.5 Å². The SMILES string of the molecule is CC(=O)Oc1ccccc1C(=O)OCn1cc(F)c(=O)n(COC(=O)c2ccccc2OC(C)=O)c1=O. The minimum absolute atomic E-state index is 0.0931. The monoisotopic (exact) mass is 514 g/mol. The Kier molecular flexibility index (Phi) is 8.30. The standard InChI is InChI=1S/C24H19FN2O10/c1-14(28)36-19-9-5-3-7-16(19)22(31)34-12-26-11-18(25)21(30)27(24(26)33)13-35-23(32)17-8-4-6-10-20(17)37-15(2)29/h3-11H,12-13H2,1-2H3. The molecule has 0 fully saturated rings. The van der Waals surface area contributed by atoms with E-state index in [4.69, 9.17) is 18.9 Å². The van der Waals surface area contributed by atoms with Gasteiger partial charge in [-0.15, -0.1) is 0 Å². The van der Waals surface area contributed by atoms with Crippen LogP contribution in [0, 0.1) is 5.82 Å². The predicted molar refractivity (Wildman–Crippen MR) is 121 cm³/mol. The lowest BCUT2D eigenvalue weighted by molar-refractivity contribution is -0.132. The first kappa shape index (κ1) is 26.5. The molecule has 0 aliphatic carbocycles. The highest BCUT2D eigenvalue weighted by Crippen LogP contribution is 2.20. The predicted octanol–water partition coefficient (Wildman–Crippen LogP) is 1.63. The Bertz CT molecular complexity index is 1490. The molecule has 0 unspecified atom stereocenters. The fourth-order valence-corrected chi connectivity index (χ4v) is 2.99. The van der Waals surface area contributed by atoms with Gasteiger partial charge in [-0.05, 0) is 24.3 Å². The first-order chi connectivity index (χ1) is 17.6. The molecule has 0 bridgehead atoms. The van der Waals surface area contributed by atoms with E-state index in [9.17, 15) is 33.2 Å². The molecule has 1 aromatic heterocycles. The summed E-state index contributed by atoms with van der Waals surface area (Å²) in [6.07, 6.45) is 0.518. The van der Waals surface area contributed by atoms with Crippen molar-refractivity contribution < 1.29 is 42.5 Å². The Hall–Kier alpha value is -5.07. The summed E-state index contributed by atoms with van der Waals surface area (Å²) < 4.78 is 34.9. The van der Waals surface area contributed by atoms with Gasteiger partial charge >= 0.3 is 29.6 Å². The zero-order valence-electron chi connectivity index (χ0n) is 19.5. The van der Waals surface area contributed by atoms with Gasteiger partial charge in [-0.3, -0.25) is 19.0 Å². The minimum atomic E-state index is -1.40. The molecule has 0 aliphatic heterocycles. The molecule has 0 atom stereocenters. The van der Waals surface area contributed by atoms with Crippen molar-refractivity contribution in [1.29, 1.82) is 0 Å². The molecule has 0 radical (unpaired) electrons. The summed E-state index contributed by atoms with van der Waals surface area (Å²) in [7, 11) is 0. The number of halogens is 1. The maximum Gasteiger partial charge on any atom is 0.343 e. The van der Waals surface area contributed by atoms with Gasteiger partial charge in [0.05, 0.1) is 6.20 Å². The van der Waals surface area contributed by atoms with E-state index in [2.05, 4.69) is 0 Å². The van der Waals surface area contributed by atoms with Gasteiger partial charge in [-0.1, -0.05) is 24.3 Å². The number of ether oxygens (including phenoxy) is 4. The van der Waals surface area contributed by atoms with Crippen LogP contribution in [0.4, 0.5) is 4.39 Å². The van der Waals surface area contributed by atoms with Crippen LogP contribution in [0.25, 0.3) is 0 Å². The number of rotatable bonds is 8. The van der Waals surface area contributed by atoms with Crippen LogP contribution in [0.5, 0.6) is 11.5 Å². The van der Waals surface area contributed by atoms with E-state index < -0.39 is 54.4 Å². The lowest BCUT2D eigenvalue weighted by Gasteiger charge is -2.13. The highest BCUT2D eigenvalue weighted by molar-refractivity contribution is 5.94. The summed E-state index contributed by atoms with van der Waals surface area (Å²) in [4.78, 5) is 72.2. The van der Waals surface area contributed by atoms with E-state index in [0.717, 1.165) is 13.8 Å². The van der Waals surface area contributed by atoms with Gasteiger partial charge in [0.1, 0.15) is 22.6 Å². The van der Waals surface area contributed by atoms with Crippen molar-refractivity contribution in [1.82, 2.24) is 9.13 Å². The van der Waals surface area contributed by atoms with Gasteiger partial charge in [0, 0.05) is 13.8 Å². The average Bonchev–Trinajstić information content (AvgIpc) is 2.85. The van der Waals surface area contributed by atoms with E-state index in [0.29, 0.717) is 10.8 Å². The molecule has 192 valence electrons. The summed E-state index contributed by atoms with van der Waals surface area (Å²) in [6, 6.07) is 11.2. The molecular weight excluding hydrogens is 495 g/mol. The molecule has 1 heterocycles. The Labute approximate surface area is 207 Å². The van der Waals surface area contributed by atoms with Crippen LogP contribution in [0.3, 0.4) is 0 Å². The number of hydrogen-bond acceptors (Lipinski definition) is 10. The van der Waals surface area contributed by atoms with Gasteiger partial charge in [0.2, 0.25) is 5.82 Å². The third-order valence-corrected chi connectivity index (χ3v) is 4.58. The van der Waals surface area contributed by atoms with E-state index in [-0.39, 0.29) is 27.2 Å². The Balaban J connectivity index is 1.78. The average molecular weight is 514 g/mol. The summed E-state index contributed by atoms with van der Waals surface area (Å²) in [5, 5.41) is 0. The molecule has 37 heavy (non-hydrogen) atoms. The number of hydrogen-bond donors (Lipinski definition) is 0. The van der Waals surface area contributed by atoms with Crippen molar-refractivity contribution in [3.05, 3.63) is 92.5 Å². The second-order valence-corrected chi connectivity index (χ2v) is 7.26. The van der Waals surface area contributed by atoms with Crippen LogP contribution >= 0.6 is 0 Å². The summed E-state index contributed by atoms with van der Waals surface area (Å²) in [5.74, 6) is -5.06. The largest absolute Gasteiger partial charge is 0.440 e. The summed E-state index contributed by atoms with van der Waals surface area (Å²) in [5.41, 5.74) is -2.87. The molecule has 12 nitrogen and oxygen atoms in total. The van der Waals surface area contributed by atoms with E-state index in [1.807, 2.05) is 0 Å². The number of aromatic nitrogens is 2. The van der Waals surface area contributed by atoms with Crippen LogP contribution in [-0.2, 0) is 32.5 Å². The van der Waals surface area contributed by atoms with Gasteiger partial charge in [0.15, 0.2) is 13.5 Å². The highest BCUT2D eigenvalue weighted by atomic mass is 19.1. The Morgan fingerprint density at radius 1 is 0.757 bits per heavy atom. The van der Waals surface area contributed by atoms with Crippen LogP contribution < -0.4 is 20.7 Å². The second-order valence-electron chi connectivity index (χ2n) is 7.26. The topological polar surface area (TPSA) is 149 Å². The van der Waals surface area contributed by atoms with Crippen LogP contribution in [0.15, 0.2) is 64.3 Å². The third-order valence-electron chi connectivity index (χ3n) is 4.58. The van der Waals surface area contributed by atoms with Crippen LogP contribution in [0.1, 0.15) is 34.6 Å². The zero-order valence-corrected chi connectivity index (χ0v) is 19.5. The van der Waals surface area contributed by atoms with Crippen LogP contribution in [0.2, 0.25) is 0 Å². The highest BCUT2D eigenvalue weighted by Gasteiger charge is 2.19. The fourth-order valence-electron chi connectivity index (χ4n) is 2.99. The lowest BCUT2D eigenvalue weighted by atomic mass is 10.2. The molecule has 3 aromatic rings. The number of carbonyl (C=O) groups excluding carboxylic acids is 4. The number of carbonyl (C=O) groups is 4. The third kappa shape index (κ3) is 6.54. The molecule has 0 saturated carbocycles. The molecule has 0 N–H and O–H groups in total. The lowest BCUT2D eigenvalue weighted by Crippen LogP contribution is -2.42.